The fraction of sp³-hybridized carbons (Fsp3) is 0.176. The van der Waals surface area contributed by atoms with Crippen LogP contribution in [0.1, 0.15) is 24.5 Å². The average Bonchev–Trinajstić information content (AvgIpc) is 2.52. The van der Waals surface area contributed by atoms with Crippen LogP contribution in [0.15, 0.2) is 53.5 Å². The Labute approximate surface area is 134 Å². The van der Waals surface area contributed by atoms with E-state index >= 15 is 0 Å². The van der Waals surface area contributed by atoms with Crippen molar-refractivity contribution < 1.29 is 5.21 Å². The fourth-order valence-electron chi connectivity index (χ4n) is 2.56. The van der Waals surface area contributed by atoms with Crippen molar-refractivity contribution in [2.75, 3.05) is 5.06 Å². The van der Waals surface area contributed by atoms with E-state index in [2.05, 4.69) is 0 Å². The highest BCUT2D eigenvalue weighted by Crippen LogP contribution is 2.29. The number of nitrogens with one attached hydrogen (secondary N) is 1. The first-order valence-corrected chi connectivity index (χ1v) is 7.43. The summed E-state index contributed by atoms with van der Waals surface area (Å²) in [5.41, 5.74) is 2.97. The van der Waals surface area contributed by atoms with Crippen molar-refractivity contribution >= 4 is 28.8 Å². The highest BCUT2D eigenvalue weighted by atomic mass is 35.5. The molecule has 0 aliphatic carbocycles. The number of hydrogen-bond donors (Lipinski definition) is 2. The Hall–Kier alpha value is -2.17. The zero-order valence-electron chi connectivity index (χ0n) is 12.1. The van der Waals surface area contributed by atoms with Crippen molar-refractivity contribution in [2.24, 2.45) is 4.99 Å². The molecule has 1 unspecified atom stereocenters. The SMILES string of the molecule is CC1CC(=N)N(O)c2ccc(Cl)cc2C(c2ccccc2)=N1. The van der Waals surface area contributed by atoms with Gasteiger partial charge in [0.2, 0.25) is 0 Å². The first-order valence-electron chi connectivity index (χ1n) is 7.06. The molecule has 2 N–H and O–H groups in total. The lowest BCUT2D eigenvalue weighted by Gasteiger charge is -2.26. The maximum Gasteiger partial charge on any atom is 0.128 e. The van der Waals surface area contributed by atoms with Crippen LogP contribution >= 0.6 is 11.6 Å². The molecule has 0 bridgehead atoms. The minimum absolute atomic E-state index is 0.107. The molecule has 1 aliphatic rings. The minimum Gasteiger partial charge on any atom is -0.286 e. The van der Waals surface area contributed by atoms with Gasteiger partial charge in [-0.05, 0) is 25.1 Å². The highest BCUT2D eigenvalue weighted by Gasteiger charge is 2.23. The number of nitrogens with zero attached hydrogens (tertiary/aromatic N) is 2. The Balaban J connectivity index is 2.25. The third kappa shape index (κ3) is 2.75. The lowest BCUT2D eigenvalue weighted by Crippen LogP contribution is -2.32. The van der Waals surface area contributed by atoms with Gasteiger partial charge in [0.05, 0.1) is 17.4 Å². The largest absolute Gasteiger partial charge is 0.286 e. The standard InChI is InChI=1S/C17H16ClN3O/c1-11-9-16(19)21(22)15-8-7-13(18)10-14(15)17(20-11)12-5-3-2-4-6-12/h2-8,10-11,19,22H,9H2,1H3. The van der Waals surface area contributed by atoms with Crippen molar-refractivity contribution in [2.45, 2.75) is 19.4 Å². The molecule has 0 amide bonds. The molecule has 0 spiro atoms. The lowest BCUT2D eigenvalue weighted by atomic mass is 9.98. The first-order chi connectivity index (χ1) is 10.6. The van der Waals surface area contributed by atoms with Gasteiger partial charge in [-0.1, -0.05) is 41.9 Å². The topological polar surface area (TPSA) is 59.7 Å². The molecule has 0 saturated heterocycles. The summed E-state index contributed by atoms with van der Waals surface area (Å²) in [5, 5.41) is 19.8. The van der Waals surface area contributed by atoms with Gasteiger partial charge in [0.15, 0.2) is 0 Å². The number of hydrogen-bond acceptors (Lipinski definition) is 3. The van der Waals surface area contributed by atoms with E-state index in [0.29, 0.717) is 17.1 Å². The number of amidine groups is 1. The normalized spacial score (nSPS) is 18.3. The van der Waals surface area contributed by atoms with Crippen LogP contribution in [-0.2, 0) is 0 Å². The molecule has 2 aromatic rings. The van der Waals surface area contributed by atoms with Gasteiger partial charge in [0, 0.05) is 22.6 Å². The molecule has 112 valence electrons. The Morgan fingerprint density at radius 3 is 2.68 bits per heavy atom. The van der Waals surface area contributed by atoms with E-state index < -0.39 is 0 Å². The van der Waals surface area contributed by atoms with E-state index in [9.17, 15) is 5.21 Å². The third-order valence-corrected chi connectivity index (χ3v) is 3.82. The second-order valence-corrected chi connectivity index (χ2v) is 5.75. The van der Waals surface area contributed by atoms with Crippen LogP contribution in [0, 0.1) is 5.41 Å². The van der Waals surface area contributed by atoms with Gasteiger partial charge in [-0.3, -0.25) is 15.6 Å². The van der Waals surface area contributed by atoms with Crippen LogP contribution in [0.2, 0.25) is 5.02 Å². The van der Waals surface area contributed by atoms with E-state index in [1.165, 1.54) is 0 Å². The number of benzene rings is 2. The van der Waals surface area contributed by atoms with Crippen molar-refractivity contribution in [3.63, 3.8) is 0 Å². The van der Waals surface area contributed by atoms with E-state index in [1.807, 2.05) is 37.3 Å². The van der Waals surface area contributed by atoms with E-state index in [4.69, 9.17) is 22.0 Å². The van der Waals surface area contributed by atoms with Gasteiger partial charge in [0.1, 0.15) is 5.84 Å². The maximum atomic E-state index is 10.3. The molecule has 2 aromatic carbocycles. The van der Waals surface area contributed by atoms with Gasteiger partial charge in [0.25, 0.3) is 0 Å². The van der Waals surface area contributed by atoms with Crippen LogP contribution in [-0.4, -0.2) is 22.8 Å². The molecular formula is C17H16ClN3O. The van der Waals surface area contributed by atoms with E-state index in [1.54, 1.807) is 18.2 Å². The average molecular weight is 314 g/mol. The second kappa shape index (κ2) is 5.91. The Bertz CT molecular complexity index is 743. The number of fused-ring (bicyclic) bond motifs is 1. The molecule has 5 heteroatoms. The minimum atomic E-state index is -0.107. The lowest BCUT2D eigenvalue weighted by molar-refractivity contribution is 0.307. The maximum absolute atomic E-state index is 10.3. The van der Waals surface area contributed by atoms with Crippen molar-refractivity contribution in [1.82, 2.24) is 0 Å². The van der Waals surface area contributed by atoms with Crippen molar-refractivity contribution in [3.05, 3.63) is 64.7 Å². The van der Waals surface area contributed by atoms with Crippen molar-refractivity contribution in [3.8, 4) is 0 Å². The van der Waals surface area contributed by atoms with Gasteiger partial charge in [-0.25, -0.2) is 5.06 Å². The number of aliphatic imine (C=N–C) groups is 1. The predicted octanol–water partition coefficient (Wildman–Crippen LogP) is 4.14. The van der Waals surface area contributed by atoms with Crippen molar-refractivity contribution in [1.29, 1.82) is 5.41 Å². The molecule has 1 atom stereocenters. The van der Waals surface area contributed by atoms with Gasteiger partial charge in [-0.2, -0.15) is 0 Å². The molecule has 1 heterocycles. The zero-order valence-corrected chi connectivity index (χ0v) is 12.9. The summed E-state index contributed by atoms with van der Waals surface area (Å²) in [7, 11) is 0. The van der Waals surface area contributed by atoms with Gasteiger partial charge < -0.3 is 0 Å². The number of halogens is 1. The van der Waals surface area contributed by atoms with Crippen LogP contribution in [0.3, 0.4) is 0 Å². The molecular weight excluding hydrogens is 298 g/mol. The highest BCUT2D eigenvalue weighted by molar-refractivity contribution is 6.31. The molecule has 22 heavy (non-hydrogen) atoms. The van der Waals surface area contributed by atoms with E-state index in [-0.39, 0.29) is 11.9 Å². The molecule has 3 rings (SSSR count). The molecule has 0 radical (unpaired) electrons. The van der Waals surface area contributed by atoms with Gasteiger partial charge in [-0.15, -0.1) is 0 Å². The first kappa shape index (κ1) is 14.8. The Morgan fingerprint density at radius 1 is 1.23 bits per heavy atom. The summed E-state index contributed by atoms with van der Waals surface area (Å²) in [6.45, 7) is 1.93. The number of anilines is 1. The molecule has 4 nitrogen and oxygen atoms in total. The molecule has 0 aromatic heterocycles. The van der Waals surface area contributed by atoms with E-state index in [0.717, 1.165) is 21.9 Å². The molecule has 1 aliphatic heterocycles. The summed E-state index contributed by atoms with van der Waals surface area (Å²) in [6.07, 6.45) is 0.370. The van der Waals surface area contributed by atoms with Crippen LogP contribution < -0.4 is 5.06 Å². The van der Waals surface area contributed by atoms with Gasteiger partial charge >= 0.3 is 0 Å². The summed E-state index contributed by atoms with van der Waals surface area (Å²) in [4.78, 5) is 4.75. The molecule has 0 saturated carbocycles. The number of rotatable bonds is 1. The Kier molecular flexibility index (Phi) is 3.96. The second-order valence-electron chi connectivity index (χ2n) is 5.32. The summed E-state index contributed by atoms with van der Waals surface area (Å²) in [6, 6.07) is 14.9. The number of hydroxylamine groups is 1. The summed E-state index contributed by atoms with van der Waals surface area (Å²) in [5.74, 6) is 0.118. The predicted molar refractivity (Wildman–Crippen MR) is 89.6 cm³/mol. The Morgan fingerprint density at radius 2 is 1.95 bits per heavy atom. The third-order valence-electron chi connectivity index (χ3n) is 3.58. The summed E-state index contributed by atoms with van der Waals surface area (Å²) >= 11 is 6.14. The fourth-order valence-corrected chi connectivity index (χ4v) is 2.73. The monoisotopic (exact) mass is 313 g/mol. The van der Waals surface area contributed by atoms with Crippen LogP contribution in [0.4, 0.5) is 5.69 Å². The zero-order chi connectivity index (χ0) is 15.7. The van der Waals surface area contributed by atoms with Crippen LogP contribution in [0.5, 0.6) is 0 Å². The van der Waals surface area contributed by atoms with Crippen LogP contribution in [0.25, 0.3) is 0 Å². The summed E-state index contributed by atoms with van der Waals surface area (Å²) < 4.78 is 0. The molecule has 0 fully saturated rings. The smallest absolute Gasteiger partial charge is 0.128 e. The quantitative estimate of drug-likeness (QED) is 0.831.